The predicted molar refractivity (Wildman–Crippen MR) is 146 cm³/mol. The molecule has 0 fully saturated rings. The summed E-state index contributed by atoms with van der Waals surface area (Å²) in [5.41, 5.74) is 0.738. The first-order valence-electron chi connectivity index (χ1n) is 12.2. The standard InChI is InChI=1S/C28H32FN3O6S/c1-5-30-28(34)20(2)31(18-21-11-13-22(29)14-12-21)27(33)19-32(39(35,36)24-9-7-6-8-10-24)23-15-16-25(37-3)26(17-23)38-4/h6-17,20H,5,18-19H2,1-4H3,(H,30,34)/t20-/m1/s1. The van der Waals surface area contributed by atoms with Gasteiger partial charge in [-0.15, -0.1) is 0 Å². The van der Waals surface area contributed by atoms with Crippen LogP contribution in [0, 0.1) is 5.82 Å². The zero-order valence-corrected chi connectivity index (χ0v) is 23.1. The van der Waals surface area contributed by atoms with Crippen molar-refractivity contribution in [2.75, 3.05) is 31.6 Å². The summed E-state index contributed by atoms with van der Waals surface area (Å²) in [5.74, 6) is -0.826. The highest BCUT2D eigenvalue weighted by atomic mass is 32.2. The number of carbonyl (C=O) groups excluding carboxylic acids is 2. The van der Waals surface area contributed by atoms with Gasteiger partial charge in [-0.05, 0) is 55.8 Å². The first kappa shape index (κ1) is 29.4. The van der Waals surface area contributed by atoms with Gasteiger partial charge in [-0.3, -0.25) is 13.9 Å². The summed E-state index contributed by atoms with van der Waals surface area (Å²) < 4.78 is 52.7. The van der Waals surface area contributed by atoms with Gasteiger partial charge in [-0.25, -0.2) is 12.8 Å². The van der Waals surface area contributed by atoms with E-state index >= 15 is 0 Å². The Morgan fingerprint density at radius 3 is 2.18 bits per heavy atom. The maximum Gasteiger partial charge on any atom is 0.264 e. The van der Waals surface area contributed by atoms with Gasteiger partial charge >= 0.3 is 0 Å². The number of methoxy groups -OCH3 is 2. The number of ether oxygens (including phenoxy) is 2. The van der Waals surface area contributed by atoms with E-state index in [1.54, 1.807) is 38.1 Å². The molecule has 0 unspecified atom stereocenters. The van der Waals surface area contributed by atoms with Crippen LogP contribution in [0.4, 0.5) is 10.1 Å². The predicted octanol–water partition coefficient (Wildman–Crippen LogP) is 3.59. The van der Waals surface area contributed by atoms with E-state index in [0.717, 1.165) is 4.31 Å². The van der Waals surface area contributed by atoms with E-state index in [4.69, 9.17) is 9.47 Å². The van der Waals surface area contributed by atoms with Crippen molar-refractivity contribution in [3.8, 4) is 11.5 Å². The Labute approximate surface area is 228 Å². The first-order valence-corrected chi connectivity index (χ1v) is 13.7. The summed E-state index contributed by atoms with van der Waals surface area (Å²) in [6, 6.07) is 16.8. The van der Waals surface area contributed by atoms with Crippen molar-refractivity contribution in [3.63, 3.8) is 0 Å². The normalized spacial score (nSPS) is 11.8. The van der Waals surface area contributed by atoms with Crippen molar-refractivity contribution in [1.82, 2.24) is 10.2 Å². The second-order valence-electron chi connectivity index (χ2n) is 8.58. The SMILES string of the molecule is CCNC(=O)[C@@H](C)N(Cc1ccc(F)cc1)C(=O)CN(c1ccc(OC)c(OC)c1)S(=O)(=O)c1ccccc1. The molecule has 0 radical (unpaired) electrons. The highest BCUT2D eigenvalue weighted by Gasteiger charge is 2.32. The lowest BCUT2D eigenvalue weighted by atomic mass is 10.1. The van der Waals surface area contributed by atoms with Crippen LogP contribution in [0.2, 0.25) is 0 Å². The van der Waals surface area contributed by atoms with E-state index in [0.29, 0.717) is 17.9 Å². The fraction of sp³-hybridized carbons (Fsp3) is 0.286. The Balaban J connectivity index is 2.07. The molecule has 0 aliphatic rings. The van der Waals surface area contributed by atoms with E-state index in [2.05, 4.69) is 5.32 Å². The molecule has 9 nitrogen and oxygen atoms in total. The summed E-state index contributed by atoms with van der Waals surface area (Å²) in [6.45, 7) is 3.00. The van der Waals surface area contributed by atoms with Crippen molar-refractivity contribution in [2.24, 2.45) is 0 Å². The molecule has 0 saturated heterocycles. The van der Waals surface area contributed by atoms with Gasteiger partial charge in [-0.1, -0.05) is 30.3 Å². The monoisotopic (exact) mass is 557 g/mol. The molecule has 3 rings (SSSR count). The molecule has 0 aliphatic heterocycles. The van der Waals surface area contributed by atoms with Crippen molar-refractivity contribution in [1.29, 1.82) is 0 Å². The number of nitrogens with one attached hydrogen (secondary N) is 1. The second kappa shape index (κ2) is 13.1. The average molecular weight is 558 g/mol. The van der Waals surface area contributed by atoms with Crippen molar-refractivity contribution in [2.45, 2.75) is 31.3 Å². The highest BCUT2D eigenvalue weighted by molar-refractivity contribution is 7.92. The van der Waals surface area contributed by atoms with Crippen LogP contribution in [0.15, 0.2) is 77.7 Å². The number of carbonyl (C=O) groups is 2. The highest BCUT2D eigenvalue weighted by Crippen LogP contribution is 2.34. The zero-order chi connectivity index (χ0) is 28.6. The molecule has 208 valence electrons. The number of sulfonamides is 1. The quantitative estimate of drug-likeness (QED) is 0.365. The Kier molecular flexibility index (Phi) is 9.89. The van der Waals surface area contributed by atoms with Crippen LogP contribution < -0.4 is 19.1 Å². The van der Waals surface area contributed by atoms with Crippen LogP contribution in [0.3, 0.4) is 0 Å². The number of benzene rings is 3. The minimum absolute atomic E-state index is 0.0190. The van der Waals surface area contributed by atoms with Gasteiger partial charge in [0.25, 0.3) is 10.0 Å². The Morgan fingerprint density at radius 2 is 1.59 bits per heavy atom. The summed E-state index contributed by atoms with van der Waals surface area (Å²) in [7, 11) is -1.35. The lowest BCUT2D eigenvalue weighted by molar-refractivity contribution is -0.139. The molecule has 0 spiro atoms. The summed E-state index contributed by atoms with van der Waals surface area (Å²) in [6.07, 6.45) is 0. The number of anilines is 1. The lowest BCUT2D eigenvalue weighted by Crippen LogP contribution is -2.51. The summed E-state index contributed by atoms with van der Waals surface area (Å²) in [5, 5.41) is 2.69. The van der Waals surface area contributed by atoms with Crippen molar-refractivity contribution in [3.05, 3.63) is 84.2 Å². The maximum atomic E-state index is 13.8. The fourth-order valence-corrected chi connectivity index (χ4v) is 5.35. The molecule has 1 atom stereocenters. The molecule has 39 heavy (non-hydrogen) atoms. The molecule has 0 saturated carbocycles. The average Bonchev–Trinajstić information content (AvgIpc) is 2.95. The lowest BCUT2D eigenvalue weighted by Gasteiger charge is -2.32. The van der Waals surface area contributed by atoms with Crippen LogP contribution >= 0.6 is 0 Å². The summed E-state index contributed by atoms with van der Waals surface area (Å²) in [4.78, 5) is 27.8. The minimum atomic E-state index is -4.22. The smallest absolute Gasteiger partial charge is 0.264 e. The molecular formula is C28H32FN3O6S. The van der Waals surface area contributed by atoms with Crippen LogP contribution in [0.5, 0.6) is 11.5 Å². The number of nitrogens with zero attached hydrogens (tertiary/aromatic N) is 2. The van der Waals surface area contributed by atoms with Gasteiger partial charge < -0.3 is 19.7 Å². The van der Waals surface area contributed by atoms with Crippen LogP contribution in [-0.2, 0) is 26.2 Å². The van der Waals surface area contributed by atoms with Crippen molar-refractivity contribution < 1.29 is 31.9 Å². The van der Waals surface area contributed by atoms with Crippen LogP contribution in [0.1, 0.15) is 19.4 Å². The Bertz CT molecular complexity index is 1380. The molecule has 0 aliphatic carbocycles. The third-order valence-electron chi connectivity index (χ3n) is 6.05. The second-order valence-corrected chi connectivity index (χ2v) is 10.4. The number of halogens is 1. The molecule has 2 amide bonds. The Hall–Kier alpha value is -4.12. The van der Waals surface area contributed by atoms with Gasteiger partial charge in [-0.2, -0.15) is 0 Å². The number of amides is 2. The molecule has 0 aromatic heterocycles. The number of likely N-dealkylation sites (N-methyl/N-ethyl adjacent to an activating group) is 1. The molecule has 0 bridgehead atoms. The molecule has 0 heterocycles. The van der Waals surface area contributed by atoms with Crippen LogP contribution in [0.25, 0.3) is 0 Å². The van der Waals surface area contributed by atoms with Gasteiger partial charge in [0, 0.05) is 19.2 Å². The maximum absolute atomic E-state index is 13.8. The molecule has 3 aromatic rings. The largest absolute Gasteiger partial charge is 0.493 e. The first-order chi connectivity index (χ1) is 18.6. The van der Waals surface area contributed by atoms with Gasteiger partial charge in [0.2, 0.25) is 11.8 Å². The minimum Gasteiger partial charge on any atom is -0.493 e. The van der Waals surface area contributed by atoms with Gasteiger partial charge in [0.15, 0.2) is 11.5 Å². The van der Waals surface area contributed by atoms with Crippen molar-refractivity contribution >= 4 is 27.5 Å². The third kappa shape index (κ3) is 7.05. The van der Waals surface area contributed by atoms with E-state index < -0.39 is 40.2 Å². The zero-order valence-electron chi connectivity index (χ0n) is 22.3. The molecule has 1 N–H and O–H groups in total. The third-order valence-corrected chi connectivity index (χ3v) is 7.84. The molecular weight excluding hydrogens is 525 g/mol. The molecule has 3 aromatic carbocycles. The topological polar surface area (TPSA) is 105 Å². The van der Waals surface area contributed by atoms with Crippen LogP contribution in [-0.4, -0.2) is 58.5 Å². The summed E-state index contributed by atoms with van der Waals surface area (Å²) >= 11 is 0. The van der Waals surface area contributed by atoms with Gasteiger partial charge in [0.05, 0.1) is 24.8 Å². The van der Waals surface area contributed by atoms with E-state index in [1.165, 1.54) is 67.7 Å². The van der Waals surface area contributed by atoms with E-state index in [-0.39, 0.29) is 22.9 Å². The van der Waals surface area contributed by atoms with E-state index in [1.807, 2.05) is 0 Å². The van der Waals surface area contributed by atoms with E-state index in [9.17, 15) is 22.4 Å². The molecule has 11 heteroatoms. The fourth-order valence-electron chi connectivity index (χ4n) is 3.92. The number of rotatable bonds is 12. The number of hydrogen-bond acceptors (Lipinski definition) is 6. The Morgan fingerprint density at radius 1 is 0.949 bits per heavy atom. The van der Waals surface area contributed by atoms with Gasteiger partial charge in [0.1, 0.15) is 18.4 Å². The number of hydrogen-bond donors (Lipinski definition) is 1.